The van der Waals surface area contributed by atoms with Gasteiger partial charge in [-0.2, -0.15) is 0 Å². The third-order valence-electron chi connectivity index (χ3n) is 1.26. The average molecular weight is 161 g/mol. The zero-order valence-corrected chi connectivity index (χ0v) is 7.63. The fourth-order valence-electron chi connectivity index (χ4n) is 0.491. The fraction of sp³-hybridized carbons (Fsp3) is 1.00. The lowest BCUT2D eigenvalue weighted by molar-refractivity contribution is 0.0128. The molecule has 2 N–H and O–H groups in total. The summed E-state index contributed by atoms with van der Waals surface area (Å²) >= 11 is 0. The van der Waals surface area contributed by atoms with Crippen molar-refractivity contribution in [2.75, 3.05) is 19.8 Å². The number of rotatable bonds is 6. The largest absolute Gasteiger partial charge is 0.396 e. The Morgan fingerprint density at radius 1 is 1.36 bits per heavy atom. The highest BCUT2D eigenvalue weighted by atomic mass is 16.6. The van der Waals surface area contributed by atoms with Crippen LogP contribution in [0.1, 0.15) is 20.8 Å². The van der Waals surface area contributed by atoms with Crippen molar-refractivity contribution in [1.29, 1.82) is 0 Å². The summed E-state index contributed by atoms with van der Waals surface area (Å²) in [4.78, 5) is 5.11. The number of hydrogen-bond acceptors (Lipinski definition) is 3. The summed E-state index contributed by atoms with van der Waals surface area (Å²) in [6, 6.07) is 0. The van der Waals surface area contributed by atoms with Crippen LogP contribution in [0, 0.1) is 11.8 Å². The Morgan fingerprint density at radius 3 is 2.45 bits per heavy atom. The van der Waals surface area contributed by atoms with Crippen molar-refractivity contribution in [3.8, 4) is 0 Å². The molecule has 0 radical (unpaired) electrons. The van der Waals surface area contributed by atoms with Crippen LogP contribution < -0.4 is 5.48 Å². The summed E-state index contributed by atoms with van der Waals surface area (Å²) in [6.07, 6.45) is 0. The fourth-order valence-corrected chi connectivity index (χ4v) is 0.491. The van der Waals surface area contributed by atoms with Gasteiger partial charge < -0.3 is 9.94 Å². The Labute approximate surface area is 68.7 Å². The summed E-state index contributed by atoms with van der Waals surface area (Å²) in [7, 11) is 0. The molecule has 0 spiro atoms. The highest BCUT2D eigenvalue weighted by molar-refractivity contribution is 4.48. The Bertz CT molecular complexity index is 86.2. The van der Waals surface area contributed by atoms with Crippen molar-refractivity contribution in [1.82, 2.24) is 5.48 Å². The van der Waals surface area contributed by atoms with Crippen molar-refractivity contribution in [2.24, 2.45) is 11.8 Å². The first-order valence-electron chi connectivity index (χ1n) is 4.12. The second kappa shape index (κ2) is 6.58. The minimum absolute atomic E-state index is 0.206. The van der Waals surface area contributed by atoms with Crippen LogP contribution in [-0.2, 0) is 4.84 Å². The third kappa shape index (κ3) is 7.78. The molecule has 0 aromatic carbocycles. The molecule has 0 aliphatic heterocycles. The van der Waals surface area contributed by atoms with E-state index in [1.54, 1.807) is 0 Å². The van der Waals surface area contributed by atoms with Crippen LogP contribution >= 0.6 is 0 Å². The van der Waals surface area contributed by atoms with Gasteiger partial charge in [-0.25, -0.2) is 5.48 Å². The van der Waals surface area contributed by atoms with Gasteiger partial charge in [-0.1, -0.05) is 20.8 Å². The Kier molecular flexibility index (Phi) is 6.51. The first-order valence-corrected chi connectivity index (χ1v) is 4.12. The Morgan fingerprint density at radius 2 is 2.00 bits per heavy atom. The van der Waals surface area contributed by atoms with E-state index in [1.165, 1.54) is 0 Å². The maximum atomic E-state index is 8.65. The van der Waals surface area contributed by atoms with E-state index in [4.69, 9.17) is 9.94 Å². The zero-order chi connectivity index (χ0) is 8.69. The molecule has 0 heterocycles. The molecule has 0 saturated heterocycles. The van der Waals surface area contributed by atoms with Gasteiger partial charge in [-0.3, -0.25) is 0 Å². The lowest BCUT2D eigenvalue weighted by atomic mass is 10.2. The van der Waals surface area contributed by atoms with Crippen molar-refractivity contribution in [2.45, 2.75) is 20.8 Å². The van der Waals surface area contributed by atoms with Crippen LogP contribution in [0.25, 0.3) is 0 Å². The first kappa shape index (κ1) is 10.9. The molecule has 0 aromatic rings. The maximum Gasteiger partial charge on any atom is 0.0705 e. The van der Waals surface area contributed by atoms with Crippen molar-refractivity contribution in [3.63, 3.8) is 0 Å². The number of aliphatic hydroxyl groups excluding tert-OH is 1. The van der Waals surface area contributed by atoms with E-state index >= 15 is 0 Å². The molecule has 0 aliphatic rings. The second-order valence-corrected chi connectivity index (χ2v) is 3.34. The molecule has 3 heteroatoms. The minimum Gasteiger partial charge on any atom is -0.396 e. The SMILES string of the molecule is CC(C)CONCC(C)CO. The van der Waals surface area contributed by atoms with Crippen LogP contribution in [-0.4, -0.2) is 24.9 Å². The summed E-state index contributed by atoms with van der Waals surface area (Å²) in [5.41, 5.74) is 2.81. The molecule has 0 saturated carbocycles. The summed E-state index contributed by atoms with van der Waals surface area (Å²) < 4.78 is 0. The highest BCUT2D eigenvalue weighted by Crippen LogP contribution is 1.92. The van der Waals surface area contributed by atoms with E-state index in [9.17, 15) is 0 Å². The van der Waals surface area contributed by atoms with Crippen LogP contribution in [0.5, 0.6) is 0 Å². The first-order chi connectivity index (χ1) is 5.16. The van der Waals surface area contributed by atoms with E-state index in [0.717, 1.165) is 6.61 Å². The van der Waals surface area contributed by atoms with Crippen LogP contribution in [0.3, 0.4) is 0 Å². The van der Waals surface area contributed by atoms with E-state index in [-0.39, 0.29) is 12.5 Å². The molecule has 0 amide bonds. The maximum absolute atomic E-state index is 8.65. The molecule has 0 rings (SSSR count). The molecule has 68 valence electrons. The van der Waals surface area contributed by atoms with Gasteiger partial charge in [0.1, 0.15) is 0 Å². The Hall–Kier alpha value is -0.120. The van der Waals surface area contributed by atoms with Gasteiger partial charge in [-0.05, 0) is 11.8 Å². The van der Waals surface area contributed by atoms with Gasteiger partial charge >= 0.3 is 0 Å². The highest BCUT2D eigenvalue weighted by Gasteiger charge is 1.98. The van der Waals surface area contributed by atoms with Crippen LogP contribution in [0.15, 0.2) is 0 Å². The third-order valence-corrected chi connectivity index (χ3v) is 1.26. The number of nitrogens with one attached hydrogen (secondary N) is 1. The second-order valence-electron chi connectivity index (χ2n) is 3.34. The van der Waals surface area contributed by atoms with Crippen LogP contribution in [0.4, 0.5) is 0 Å². The van der Waals surface area contributed by atoms with Gasteiger partial charge in [0, 0.05) is 13.2 Å². The lowest BCUT2D eigenvalue weighted by Crippen LogP contribution is -2.25. The predicted octanol–water partition coefficient (Wildman–Crippen LogP) is 0.792. The topological polar surface area (TPSA) is 41.5 Å². The molecule has 1 atom stereocenters. The number of aliphatic hydroxyl groups is 1. The molecule has 0 aromatic heterocycles. The lowest BCUT2D eigenvalue weighted by Gasteiger charge is -2.10. The molecule has 0 fully saturated rings. The van der Waals surface area contributed by atoms with Crippen LogP contribution in [0.2, 0.25) is 0 Å². The smallest absolute Gasteiger partial charge is 0.0705 e. The molecule has 11 heavy (non-hydrogen) atoms. The Balaban J connectivity index is 3.01. The quantitative estimate of drug-likeness (QED) is 0.447. The van der Waals surface area contributed by atoms with Gasteiger partial charge in [-0.15, -0.1) is 0 Å². The molecule has 1 unspecified atom stereocenters. The van der Waals surface area contributed by atoms with E-state index in [0.29, 0.717) is 12.5 Å². The minimum atomic E-state index is 0.206. The molecule has 3 nitrogen and oxygen atoms in total. The zero-order valence-electron chi connectivity index (χ0n) is 7.63. The summed E-state index contributed by atoms with van der Waals surface area (Å²) in [5.74, 6) is 0.814. The summed E-state index contributed by atoms with van der Waals surface area (Å²) in [6.45, 7) is 7.79. The molecular weight excluding hydrogens is 142 g/mol. The average Bonchev–Trinajstić information content (AvgIpc) is 1.97. The van der Waals surface area contributed by atoms with E-state index in [1.807, 2.05) is 6.92 Å². The molecule has 0 bridgehead atoms. The predicted molar refractivity (Wildman–Crippen MR) is 45.0 cm³/mol. The van der Waals surface area contributed by atoms with Crippen molar-refractivity contribution >= 4 is 0 Å². The summed E-state index contributed by atoms with van der Waals surface area (Å²) in [5, 5.41) is 8.65. The van der Waals surface area contributed by atoms with Gasteiger partial charge in [0.2, 0.25) is 0 Å². The van der Waals surface area contributed by atoms with E-state index < -0.39 is 0 Å². The van der Waals surface area contributed by atoms with E-state index in [2.05, 4.69) is 19.3 Å². The van der Waals surface area contributed by atoms with Gasteiger partial charge in [0.05, 0.1) is 6.61 Å². The normalized spacial score (nSPS) is 13.9. The number of hydrogen-bond donors (Lipinski definition) is 2. The van der Waals surface area contributed by atoms with Crippen molar-refractivity contribution < 1.29 is 9.94 Å². The van der Waals surface area contributed by atoms with Gasteiger partial charge in [0.25, 0.3) is 0 Å². The number of hydroxylamine groups is 1. The standard InChI is InChI=1S/C8H19NO2/c1-7(2)6-11-9-4-8(3)5-10/h7-10H,4-6H2,1-3H3. The van der Waals surface area contributed by atoms with Crippen molar-refractivity contribution in [3.05, 3.63) is 0 Å². The molecule has 0 aliphatic carbocycles. The monoisotopic (exact) mass is 161 g/mol. The van der Waals surface area contributed by atoms with Gasteiger partial charge in [0.15, 0.2) is 0 Å². The molecular formula is C8H19NO2.